The van der Waals surface area contributed by atoms with Crippen LogP contribution in [0.15, 0.2) is 85.1 Å². The van der Waals surface area contributed by atoms with E-state index in [2.05, 4.69) is 16.9 Å². The lowest BCUT2D eigenvalue weighted by Crippen LogP contribution is -2.12. The minimum atomic E-state index is -0.141. The lowest BCUT2D eigenvalue weighted by Gasteiger charge is -1.99. The van der Waals surface area contributed by atoms with Gasteiger partial charge in [0.15, 0.2) is 0 Å². The standard InChI is InChI=1S/C22H14N2OS/c25-22(18-9-5-2-6-10-18)24-16-15-20(23-24)21-14-13-19(26-21)12-11-17-7-3-1-4-8-17/h1-10,13-16H. The third-order valence-electron chi connectivity index (χ3n) is 3.78. The van der Waals surface area contributed by atoms with Crippen LogP contribution in [0.25, 0.3) is 10.6 Å². The van der Waals surface area contributed by atoms with E-state index >= 15 is 0 Å². The first-order valence-corrected chi connectivity index (χ1v) is 8.94. The Morgan fingerprint density at radius 3 is 2.35 bits per heavy atom. The molecule has 26 heavy (non-hydrogen) atoms. The normalized spacial score (nSPS) is 10.2. The molecular formula is C22H14N2OS. The number of carbonyl (C=O) groups is 1. The zero-order valence-corrected chi connectivity index (χ0v) is 14.6. The van der Waals surface area contributed by atoms with Gasteiger partial charge in [-0.2, -0.15) is 5.10 Å². The Bertz CT molecular complexity index is 1100. The zero-order valence-electron chi connectivity index (χ0n) is 13.8. The van der Waals surface area contributed by atoms with Gasteiger partial charge in [-0.1, -0.05) is 48.2 Å². The lowest BCUT2D eigenvalue weighted by molar-refractivity contribution is 0.0945. The van der Waals surface area contributed by atoms with Crippen LogP contribution in [0, 0.1) is 11.8 Å². The van der Waals surface area contributed by atoms with Gasteiger partial charge in [0.05, 0.1) is 9.75 Å². The van der Waals surface area contributed by atoms with E-state index in [9.17, 15) is 4.79 Å². The molecule has 0 saturated carbocycles. The Hall–Kier alpha value is -3.42. The summed E-state index contributed by atoms with van der Waals surface area (Å²) in [7, 11) is 0. The number of hydrogen-bond acceptors (Lipinski definition) is 3. The van der Waals surface area contributed by atoms with E-state index in [-0.39, 0.29) is 5.91 Å². The fourth-order valence-electron chi connectivity index (χ4n) is 2.48. The summed E-state index contributed by atoms with van der Waals surface area (Å²) >= 11 is 1.57. The summed E-state index contributed by atoms with van der Waals surface area (Å²) in [5, 5.41) is 4.42. The highest BCUT2D eigenvalue weighted by Crippen LogP contribution is 2.26. The van der Waals surface area contributed by atoms with Crippen molar-refractivity contribution in [2.45, 2.75) is 0 Å². The largest absolute Gasteiger partial charge is 0.278 e. The zero-order chi connectivity index (χ0) is 17.8. The van der Waals surface area contributed by atoms with Crippen LogP contribution in [0.3, 0.4) is 0 Å². The molecule has 0 amide bonds. The monoisotopic (exact) mass is 354 g/mol. The average molecular weight is 354 g/mol. The van der Waals surface area contributed by atoms with E-state index in [1.807, 2.05) is 66.7 Å². The topological polar surface area (TPSA) is 34.9 Å². The van der Waals surface area contributed by atoms with Gasteiger partial charge in [0, 0.05) is 17.3 Å². The lowest BCUT2D eigenvalue weighted by atomic mass is 10.2. The van der Waals surface area contributed by atoms with Crippen molar-refractivity contribution in [3.8, 4) is 22.4 Å². The van der Waals surface area contributed by atoms with E-state index in [0.29, 0.717) is 5.56 Å². The number of carbonyl (C=O) groups excluding carboxylic acids is 1. The molecule has 0 aliphatic carbocycles. The average Bonchev–Trinajstić information content (AvgIpc) is 3.37. The molecule has 3 nitrogen and oxygen atoms in total. The molecule has 0 fully saturated rings. The van der Waals surface area contributed by atoms with Crippen LogP contribution in [0.2, 0.25) is 0 Å². The smallest absolute Gasteiger partial charge is 0.267 e. The van der Waals surface area contributed by atoms with Crippen molar-refractivity contribution in [2.24, 2.45) is 0 Å². The molecule has 4 rings (SSSR count). The Balaban J connectivity index is 1.55. The van der Waals surface area contributed by atoms with Crippen LogP contribution in [-0.2, 0) is 0 Å². The number of aromatic nitrogens is 2. The van der Waals surface area contributed by atoms with Crippen molar-refractivity contribution in [1.82, 2.24) is 9.78 Å². The number of benzene rings is 2. The summed E-state index contributed by atoms with van der Waals surface area (Å²) in [6, 6.07) is 24.8. The van der Waals surface area contributed by atoms with Gasteiger partial charge in [0.1, 0.15) is 5.69 Å². The van der Waals surface area contributed by atoms with Gasteiger partial charge in [-0.3, -0.25) is 4.79 Å². The molecule has 4 heteroatoms. The van der Waals surface area contributed by atoms with Crippen LogP contribution >= 0.6 is 11.3 Å². The van der Waals surface area contributed by atoms with Crippen LogP contribution in [0.4, 0.5) is 0 Å². The third-order valence-corrected chi connectivity index (χ3v) is 4.80. The van der Waals surface area contributed by atoms with Crippen LogP contribution in [0.1, 0.15) is 20.8 Å². The van der Waals surface area contributed by atoms with Gasteiger partial charge >= 0.3 is 0 Å². The number of hydrogen-bond donors (Lipinski definition) is 0. The fourth-order valence-corrected chi connectivity index (χ4v) is 3.30. The molecule has 4 aromatic rings. The summed E-state index contributed by atoms with van der Waals surface area (Å²) in [6.45, 7) is 0. The Kier molecular flexibility index (Phi) is 4.46. The molecule has 0 atom stereocenters. The summed E-state index contributed by atoms with van der Waals surface area (Å²) in [6.07, 6.45) is 1.69. The van der Waals surface area contributed by atoms with Crippen molar-refractivity contribution in [3.63, 3.8) is 0 Å². The maximum Gasteiger partial charge on any atom is 0.278 e. The van der Waals surface area contributed by atoms with E-state index in [1.54, 1.807) is 29.7 Å². The molecule has 0 radical (unpaired) electrons. The molecule has 0 bridgehead atoms. The SMILES string of the molecule is O=C(c1ccccc1)n1ccc(-c2ccc(C#Cc3ccccc3)s2)n1. The van der Waals surface area contributed by atoms with Crippen molar-refractivity contribution >= 4 is 17.2 Å². The Labute approximate surface area is 155 Å². The molecule has 2 aromatic carbocycles. The predicted octanol–water partition coefficient (Wildman–Crippen LogP) is 4.70. The first kappa shape index (κ1) is 16.1. The number of thiophene rings is 1. The molecule has 0 spiro atoms. The fraction of sp³-hybridized carbons (Fsp3) is 0. The second-order valence-electron chi connectivity index (χ2n) is 5.60. The van der Waals surface area contributed by atoms with Crippen LogP contribution in [-0.4, -0.2) is 15.7 Å². The van der Waals surface area contributed by atoms with Gasteiger partial charge in [-0.05, 0) is 42.5 Å². The minimum Gasteiger partial charge on any atom is -0.267 e. The van der Waals surface area contributed by atoms with Crippen LogP contribution < -0.4 is 0 Å². The molecule has 2 heterocycles. The summed E-state index contributed by atoms with van der Waals surface area (Å²) < 4.78 is 1.37. The number of nitrogens with zero attached hydrogens (tertiary/aromatic N) is 2. The summed E-state index contributed by atoms with van der Waals surface area (Å²) in [5.74, 6) is 6.18. The van der Waals surface area contributed by atoms with E-state index in [1.165, 1.54) is 4.68 Å². The molecule has 0 N–H and O–H groups in total. The van der Waals surface area contributed by atoms with Gasteiger partial charge < -0.3 is 0 Å². The highest BCUT2D eigenvalue weighted by Gasteiger charge is 2.11. The molecule has 0 unspecified atom stereocenters. The van der Waals surface area contributed by atoms with E-state index < -0.39 is 0 Å². The molecule has 124 valence electrons. The quantitative estimate of drug-likeness (QED) is 0.489. The Morgan fingerprint density at radius 1 is 0.846 bits per heavy atom. The minimum absolute atomic E-state index is 0.141. The highest BCUT2D eigenvalue weighted by molar-refractivity contribution is 7.16. The first-order valence-electron chi connectivity index (χ1n) is 8.12. The maximum atomic E-state index is 12.4. The third kappa shape index (κ3) is 3.49. The van der Waals surface area contributed by atoms with Gasteiger partial charge in [-0.25, -0.2) is 4.68 Å². The van der Waals surface area contributed by atoms with Gasteiger partial charge in [0.2, 0.25) is 0 Å². The second kappa shape index (κ2) is 7.22. The van der Waals surface area contributed by atoms with E-state index in [4.69, 9.17) is 0 Å². The van der Waals surface area contributed by atoms with Crippen molar-refractivity contribution in [1.29, 1.82) is 0 Å². The predicted molar refractivity (Wildman–Crippen MR) is 104 cm³/mol. The summed E-state index contributed by atoms with van der Waals surface area (Å²) in [5.41, 5.74) is 2.37. The summed E-state index contributed by atoms with van der Waals surface area (Å²) in [4.78, 5) is 14.4. The van der Waals surface area contributed by atoms with Crippen molar-refractivity contribution < 1.29 is 4.79 Å². The van der Waals surface area contributed by atoms with Gasteiger partial charge in [-0.15, -0.1) is 11.3 Å². The number of rotatable bonds is 2. The van der Waals surface area contributed by atoms with Crippen LogP contribution in [0.5, 0.6) is 0 Å². The Morgan fingerprint density at radius 2 is 1.58 bits per heavy atom. The maximum absolute atomic E-state index is 12.4. The molecular weight excluding hydrogens is 340 g/mol. The highest BCUT2D eigenvalue weighted by atomic mass is 32.1. The molecule has 0 saturated heterocycles. The van der Waals surface area contributed by atoms with Gasteiger partial charge in [0.25, 0.3) is 5.91 Å². The van der Waals surface area contributed by atoms with E-state index in [0.717, 1.165) is 21.0 Å². The molecule has 0 aliphatic rings. The second-order valence-corrected chi connectivity index (χ2v) is 6.68. The first-order chi connectivity index (χ1) is 12.8. The molecule has 2 aromatic heterocycles. The van der Waals surface area contributed by atoms with Crippen molar-refractivity contribution in [2.75, 3.05) is 0 Å². The molecule has 0 aliphatic heterocycles. The van der Waals surface area contributed by atoms with Crippen molar-refractivity contribution in [3.05, 3.63) is 101 Å².